The maximum Gasteiger partial charge on any atom is 0.354 e. The molecule has 0 amide bonds. The molecule has 137 valence electrons. The third kappa shape index (κ3) is 3.18. The Balaban J connectivity index is 0.000000181. The van der Waals surface area contributed by atoms with Crippen LogP contribution in [0.25, 0.3) is 33.3 Å². The molecule has 0 spiro atoms. The van der Waals surface area contributed by atoms with E-state index in [4.69, 9.17) is 5.11 Å². The van der Waals surface area contributed by atoms with Crippen LogP contribution in [-0.4, -0.2) is 25.6 Å². The summed E-state index contributed by atoms with van der Waals surface area (Å²) in [5.41, 5.74) is 4.82. The number of aromatic nitrogens is 3. The fourth-order valence-electron chi connectivity index (χ4n) is 3.24. The molecule has 2 heterocycles. The molecule has 0 bridgehead atoms. The average molecular weight is 535 g/mol. The van der Waals surface area contributed by atoms with E-state index in [9.17, 15) is 4.79 Å². The number of hydrogen-bond acceptors (Lipinski definition) is 3. The molecule has 4 aromatic rings. The monoisotopic (exact) mass is 535 g/mol. The first-order valence-corrected chi connectivity index (χ1v) is 8.19. The number of carbonyl (C=O) groups is 1. The number of imidazole rings is 1. The number of pyridine rings is 1. The molecular formula is C21H16IrN3O2-. The summed E-state index contributed by atoms with van der Waals surface area (Å²) in [6, 6.07) is 18.6. The van der Waals surface area contributed by atoms with Gasteiger partial charge in [-0.25, -0.2) is 9.78 Å². The van der Waals surface area contributed by atoms with Crippen molar-refractivity contribution in [3.05, 3.63) is 72.3 Å². The van der Waals surface area contributed by atoms with E-state index >= 15 is 0 Å². The van der Waals surface area contributed by atoms with E-state index in [-0.39, 0.29) is 25.8 Å². The van der Waals surface area contributed by atoms with Gasteiger partial charge in [-0.1, -0.05) is 29.7 Å². The number of aromatic carboxylic acids is 1. The summed E-state index contributed by atoms with van der Waals surface area (Å²) in [5, 5.41) is 10.9. The van der Waals surface area contributed by atoms with Crippen LogP contribution in [0.5, 0.6) is 0 Å². The second-order valence-corrected chi connectivity index (χ2v) is 6.06. The Kier molecular flexibility index (Phi) is 5.21. The van der Waals surface area contributed by atoms with Crippen LogP contribution in [0.1, 0.15) is 16.3 Å². The van der Waals surface area contributed by atoms with E-state index in [1.165, 1.54) is 34.3 Å². The Morgan fingerprint density at radius 3 is 2.63 bits per heavy atom. The number of carboxylic acid groups (broad SMARTS) is 1. The molecular weight excluding hydrogens is 518 g/mol. The fraction of sp³-hybridized carbons (Fsp3) is 0.0952. The van der Waals surface area contributed by atoms with E-state index in [1.54, 1.807) is 12.1 Å². The van der Waals surface area contributed by atoms with Gasteiger partial charge in [0.2, 0.25) is 0 Å². The van der Waals surface area contributed by atoms with Crippen molar-refractivity contribution < 1.29 is 30.0 Å². The summed E-state index contributed by atoms with van der Waals surface area (Å²) in [6.07, 6.45) is 1.45. The van der Waals surface area contributed by atoms with Gasteiger partial charge in [0, 0.05) is 44.7 Å². The molecule has 0 aliphatic heterocycles. The Morgan fingerprint density at radius 2 is 1.96 bits per heavy atom. The molecule has 0 fully saturated rings. The van der Waals surface area contributed by atoms with Crippen molar-refractivity contribution in [1.29, 1.82) is 0 Å². The molecule has 2 aromatic carbocycles. The van der Waals surface area contributed by atoms with Gasteiger partial charge in [-0.05, 0) is 24.6 Å². The van der Waals surface area contributed by atoms with Gasteiger partial charge in [0.1, 0.15) is 5.69 Å². The summed E-state index contributed by atoms with van der Waals surface area (Å²) >= 11 is 0. The topological polar surface area (TPSA) is 68.0 Å². The number of fused-ring (bicyclic) bond motifs is 3. The van der Waals surface area contributed by atoms with E-state index < -0.39 is 5.97 Å². The van der Waals surface area contributed by atoms with Crippen molar-refractivity contribution in [3.63, 3.8) is 0 Å². The van der Waals surface area contributed by atoms with Gasteiger partial charge < -0.3 is 9.67 Å². The Labute approximate surface area is 170 Å². The summed E-state index contributed by atoms with van der Waals surface area (Å²) in [5.74, 6) is 0.0607. The molecule has 0 unspecified atom stereocenters. The SMILES string of the molecule is Cc1nc2c(n1C)-c1cccc3cc[c-]c-2c13.O=C(O)c1ccccn1.[Ir]. The fourth-order valence-corrected chi connectivity index (χ4v) is 3.24. The third-order valence-electron chi connectivity index (χ3n) is 4.53. The van der Waals surface area contributed by atoms with Gasteiger partial charge in [-0.3, -0.25) is 4.98 Å². The molecule has 5 rings (SSSR count). The van der Waals surface area contributed by atoms with E-state index in [0.29, 0.717) is 0 Å². The van der Waals surface area contributed by atoms with Crippen molar-refractivity contribution in [2.75, 3.05) is 0 Å². The van der Waals surface area contributed by atoms with Gasteiger partial charge in [0.05, 0.1) is 5.82 Å². The first-order valence-electron chi connectivity index (χ1n) is 8.19. The van der Waals surface area contributed by atoms with Crippen molar-refractivity contribution in [2.24, 2.45) is 7.05 Å². The quantitative estimate of drug-likeness (QED) is 0.329. The van der Waals surface area contributed by atoms with Crippen LogP contribution in [-0.2, 0) is 27.2 Å². The molecule has 0 saturated heterocycles. The van der Waals surface area contributed by atoms with E-state index in [2.05, 4.69) is 51.9 Å². The van der Waals surface area contributed by atoms with Crippen LogP contribution in [0, 0.1) is 13.0 Å². The van der Waals surface area contributed by atoms with Crippen molar-refractivity contribution in [2.45, 2.75) is 6.92 Å². The molecule has 0 saturated carbocycles. The second-order valence-electron chi connectivity index (χ2n) is 6.06. The first kappa shape index (κ1) is 19.0. The average Bonchev–Trinajstić information content (AvgIpc) is 3.13. The Bertz CT molecular complexity index is 1130. The van der Waals surface area contributed by atoms with Gasteiger partial charge in [-0.15, -0.1) is 29.1 Å². The summed E-state index contributed by atoms with van der Waals surface area (Å²) < 4.78 is 2.16. The zero-order valence-corrected chi connectivity index (χ0v) is 17.1. The first-order chi connectivity index (χ1) is 12.6. The zero-order valence-electron chi connectivity index (χ0n) is 14.7. The van der Waals surface area contributed by atoms with Crippen LogP contribution in [0.15, 0.2) is 54.7 Å². The summed E-state index contributed by atoms with van der Waals surface area (Å²) in [7, 11) is 2.08. The minimum atomic E-state index is -0.990. The van der Waals surface area contributed by atoms with Crippen molar-refractivity contribution >= 4 is 16.7 Å². The smallest absolute Gasteiger partial charge is 0.354 e. The number of hydrogen-bond donors (Lipinski definition) is 1. The number of aryl methyl sites for hydroxylation is 1. The molecule has 5 nitrogen and oxygen atoms in total. The standard InChI is InChI=1S/C15H11N2.C6H5NO2.Ir/c1-9-16-14-11-7-3-5-10-6-4-8-12(13(10)11)15(14)17(9)2;8-6(9)5-3-1-2-4-7-5;/h3-6,8H,1-2H3;1-4H,(H,8,9);/q-1;;. The van der Waals surface area contributed by atoms with Crippen LogP contribution >= 0.6 is 0 Å². The zero-order chi connectivity index (χ0) is 18.3. The van der Waals surface area contributed by atoms with Crippen LogP contribution in [0.2, 0.25) is 0 Å². The van der Waals surface area contributed by atoms with Gasteiger partial charge >= 0.3 is 5.97 Å². The molecule has 6 heteroatoms. The Morgan fingerprint density at radius 1 is 1.15 bits per heavy atom. The molecule has 1 aliphatic rings. The minimum absolute atomic E-state index is 0. The normalized spacial score (nSPS) is 10.6. The van der Waals surface area contributed by atoms with Crippen molar-refractivity contribution in [1.82, 2.24) is 14.5 Å². The van der Waals surface area contributed by atoms with Crippen molar-refractivity contribution in [3.8, 4) is 22.5 Å². The van der Waals surface area contributed by atoms with Crippen LogP contribution < -0.4 is 0 Å². The molecule has 0 atom stereocenters. The number of carboxylic acids is 1. The van der Waals surface area contributed by atoms with E-state index in [0.717, 1.165) is 17.1 Å². The van der Waals surface area contributed by atoms with E-state index in [1.807, 2.05) is 13.0 Å². The third-order valence-corrected chi connectivity index (χ3v) is 4.53. The molecule has 27 heavy (non-hydrogen) atoms. The molecule has 1 N–H and O–H groups in total. The maximum absolute atomic E-state index is 10.1. The number of nitrogens with zero attached hydrogens (tertiary/aromatic N) is 3. The van der Waals surface area contributed by atoms with Crippen LogP contribution in [0.3, 0.4) is 0 Å². The second kappa shape index (κ2) is 7.43. The Hall–Kier alpha value is -2.82. The summed E-state index contributed by atoms with van der Waals surface area (Å²) in [4.78, 5) is 18.4. The summed E-state index contributed by atoms with van der Waals surface area (Å²) in [6.45, 7) is 2.04. The minimum Gasteiger partial charge on any atom is -0.477 e. The van der Waals surface area contributed by atoms with Gasteiger partial charge in [-0.2, -0.15) is 0 Å². The number of rotatable bonds is 1. The van der Waals surface area contributed by atoms with Crippen LogP contribution in [0.4, 0.5) is 0 Å². The predicted molar refractivity (Wildman–Crippen MR) is 99.9 cm³/mol. The van der Waals surface area contributed by atoms with Gasteiger partial charge in [0.25, 0.3) is 0 Å². The molecule has 1 aliphatic carbocycles. The maximum atomic E-state index is 10.1. The largest absolute Gasteiger partial charge is 0.477 e. The molecule has 2 aromatic heterocycles. The number of benzene rings is 2. The predicted octanol–water partition coefficient (Wildman–Crippen LogP) is 4.11. The van der Waals surface area contributed by atoms with Gasteiger partial charge in [0.15, 0.2) is 0 Å². The molecule has 1 radical (unpaired) electrons.